The average Bonchev–Trinajstić information content (AvgIpc) is 2.70. The normalized spacial score (nSPS) is 19.4. The van der Waals surface area contributed by atoms with Crippen molar-refractivity contribution in [3.05, 3.63) is 59.4 Å². The van der Waals surface area contributed by atoms with Gasteiger partial charge in [0, 0.05) is 0 Å². The molecule has 2 aromatic rings. The lowest BCUT2D eigenvalue weighted by atomic mass is 9.78. The fourth-order valence-corrected chi connectivity index (χ4v) is 4.75. The monoisotopic (exact) mass is 402 g/mol. The minimum absolute atomic E-state index is 0.0739. The minimum Gasteiger partial charge on any atom is -0.207 e. The van der Waals surface area contributed by atoms with Gasteiger partial charge in [-0.15, -0.1) is 0 Å². The Kier molecular flexibility index (Phi) is 8.20. The molecule has 0 unspecified atom stereocenters. The third-order valence-corrected chi connectivity index (χ3v) is 6.49. The van der Waals surface area contributed by atoms with Crippen LogP contribution in [0.5, 0.6) is 0 Å². The van der Waals surface area contributed by atoms with E-state index >= 15 is 0 Å². The highest BCUT2D eigenvalue weighted by Gasteiger charge is 2.20. The van der Waals surface area contributed by atoms with Crippen LogP contribution in [0.1, 0.15) is 76.7 Å². The second-order valence-corrected chi connectivity index (χ2v) is 8.72. The molecule has 1 aliphatic rings. The molecular weight excluding hydrogens is 369 g/mol. The van der Waals surface area contributed by atoms with E-state index in [2.05, 4.69) is 6.92 Å². The lowest BCUT2D eigenvalue weighted by Gasteiger charge is -2.28. The first-order valence-electron chi connectivity index (χ1n) is 11.3. The van der Waals surface area contributed by atoms with Crippen LogP contribution < -0.4 is 0 Å². The summed E-state index contributed by atoms with van der Waals surface area (Å²) in [4.78, 5) is 0. The molecule has 0 nitrogen and oxygen atoms in total. The van der Waals surface area contributed by atoms with Crippen LogP contribution in [0.25, 0.3) is 11.1 Å². The summed E-state index contributed by atoms with van der Waals surface area (Å²) in [6.07, 6.45) is 13.5. The number of unbranched alkanes of at least 4 members (excludes halogenated alkanes) is 2. The van der Waals surface area contributed by atoms with Gasteiger partial charge in [-0.3, -0.25) is 0 Å². The van der Waals surface area contributed by atoms with Crippen LogP contribution in [-0.4, -0.2) is 0 Å². The zero-order chi connectivity index (χ0) is 20.6. The Morgan fingerprint density at radius 1 is 0.759 bits per heavy atom. The molecule has 0 spiro atoms. The van der Waals surface area contributed by atoms with Crippen molar-refractivity contribution < 1.29 is 13.2 Å². The first-order chi connectivity index (χ1) is 14.1. The highest BCUT2D eigenvalue weighted by atomic mass is 19.1. The van der Waals surface area contributed by atoms with Crippen molar-refractivity contribution in [3.8, 4) is 11.1 Å². The maximum Gasteiger partial charge on any atom is 0.134 e. The van der Waals surface area contributed by atoms with E-state index < -0.39 is 17.5 Å². The lowest BCUT2D eigenvalue weighted by Crippen LogP contribution is -2.14. The molecule has 3 heteroatoms. The predicted molar refractivity (Wildman–Crippen MR) is 114 cm³/mol. The molecule has 158 valence electrons. The van der Waals surface area contributed by atoms with Crippen molar-refractivity contribution in [2.75, 3.05) is 0 Å². The summed E-state index contributed by atoms with van der Waals surface area (Å²) in [5.41, 5.74) is 0.998. The Labute approximate surface area is 173 Å². The molecule has 0 amide bonds. The first-order valence-corrected chi connectivity index (χ1v) is 11.3. The molecule has 0 atom stereocenters. The smallest absolute Gasteiger partial charge is 0.134 e. The molecule has 3 rings (SSSR count). The van der Waals surface area contributed by atoms with E-state index in [1.54, 1.807) is 0 Å². The van der Waals surface area contributed by atoms with Crippen molar-refractivity contribution in [2.45, 2.75) is 77.6 Å². The van der Waals surface area contributed by atoms with Crippen molar-refractivity contribution in [3.63, 3.8) is 0 Å². The number of aryl methyl sites for hydroxylation is 1. The Bertz CT molecular complexity index is 735. The molecule has 0 bridgehead atoms. The molecule has 1 aliphatic carbocycles. The highest BCUT2D eigenvalue weighted by molar-refractivity contribution is 5.65. The second kappa shape index (κ2) is 10.8. The van der Waals surface area contributed by atoms with Crippen LogP contribution in [0.4, 0.5) is 13.2 Å². The summed E-state index contributed by atoms with van der Waals surface area (Å²) in [6, 6.07) is 8.14. The van der Waals surface area contributed by atoms with Gasteiger partial charge in [-0.05, 0) is 60.1 Å². The van der Waals surface area contributed by atoms with Gasteiger partial charge in [0.15, 0.2) is 0 Å². The fourth-order valence-electron chi connectivity index (χ4n) is 4.75. The van der Waals surface area contributed by atoms with Gasteiger partial charge in [0.05, 0.1) is 5.56 Å². The Hall–Kier alpha value is -1.77. The summed E-state index contributed by atoms with van der Waals surface area (Å²) in [5, 5.41) is 0. The van der Waals surface area contributed by atoms with Crippen LogP contribution in [0.3, 0.4) is 0 Å². The van der Waals surface area contributed by atoms with Crippen molar-refractivity contribution >= 4 is 0 Å². The molecule has 0 aromatic heterocycles. The van der Waals surface area contributed by atoms with Gasteiger partial charge >= 0.3 is 0 Å². The van der Waals surface area contributed by atoms with E-state index in [-0.39, 0.29) is 5.56 Å². The van der Waals surface area contributed by atoms with Gasteiger partial charge in [-0.1, -0.05) is 76.8 Å². The topological polar surface area (TPSA) is 0 Å². The standard InChI is InChI=1S/C26H33F3/c1-2-3-4-6-19-9-11-20(12-10-19)7-5-8-21-17-24(28)26(25(29)18-21)22-13-15-23(27)16-14-22/h13-20H,2-12H2,1H3. The van der Waals surface area contributed by atoms with Crippen molar-refractivity contribution in [1.82, 2.24) is 0 Å². The van der Waals surface area contributed by atoms with Crippen LogP contribution >= 0.6 is 0 Å². The summed E-state index contributed by atoms with van der Waals surface area (Å²) in [6.45, 7) is 2.25. The minimum atomic E-state index is -0.570. The van der Waals surface area contributed by atoms with Gasteiger partial charge in [-0.25, -0.2) is 13.2 Å². The number of hydrogen-bond donors (Lipinski definition) is 0. The van der Waals surface area contributed by atoms with E-state index in [1.807, 2.05) is 0 Å². The van der Waals surface area contributed by atoms with Gasteiger partial charge in [0.1, 0.15) is 17.5 Å². The third kappa shape index (κ3) is 6.35. The van der Waals surface area contributed by atoms with E-state index in [4.69, 9.17) is 0 Å². The van der Waals surface area contributed by atoms with Crippen LogP contribution in [0.2, 0.25) is 0 Å². The largest absolute Gasteiger partial charge is 0.207 e. The molecule has 29 heavy (non-hydrogen) atoms. The van der Waals surface area contributed by atoms with Gasteiger partial charge in [0.2, 0.25) is 0 Å². The molecule has 0 N–H and O–H groups in total. The third-order valence-electron chi connectivity index (χ3n) is 6.49. The van der Waals surface area contributed by atoms with Gasteiger partial charge < -0.3 is 0 Å². The first kappa shape index (κ1) is 21.9. The maximum atomic E-state index is 14.5. The van der Waals surface area contributed by atoms with Crippen molar-refractivity contribution in [1.29, 1.82) is 0 Å². The van der Waals surface area contributed by atoms with E-state index in [9.17, 15) is 13.2 Å². The summed E-state index contributed by atoms with van der Waals surface area (Å²) in [7, 11) is 0. The molecule has 0 aliphatic heterocycles. The summed E-state index contributed by atoms with van der Waals surface area (Å²) in [5.74, 6) is 0.130. The zero-order valence-corrected chi connectivity index (χ0v) is 17.5. The second-order valence-electron chi connectivity index (χ2n) is 8.72. The molecule has 0 radical (unpaired) electrons. The molecule has 0 saturated heterocycles. The van der Waals surface area contributed by atoms with Crippen LogP contribution in [0.15, 0.2) is 36.4 Å². The molecule has 1 saturated carbocycles. The number of hydrogen-bond acceptors (Lipinski definition) is 0. The molecular formula is C26H33F3. The number of rotatable bonds is 9. The molecule has 1 fully saturated rings. The maximum absolute atomic E-state index is 14.5. The zero-order valence-electron chi connectivity index (χ0n) is 17.5. The summed E-state index contributed by atoms with van der Waals surface area (Å²) < 4.78 is 42.1. The fraction of sp³-hybridized carbons (Fsp3) is 0.538. The quantitative estimate of drug-likeness (QED) is 0.369. The van der Waals surface area contributed by atoms with Crippen LogP contribution in [0, 0.1) is 29.3 Å². The molecule has 2 aromatic carbocycles. The Balaban J connectivity index is 1.47. The van der Waals surface area contributed by atoms with Crippen LogP contribution in [-0.2, 0) is 6.42 Å². The van der Waals surface area contributed by atoms with Gasteiger partial charge in [0.25, 0.3) is 0 Å². The van der Waals surface area contributed by atoms with E-state index in [1.165, 1.54) is 87.8 Å². The number of halogens is 3. The highest BCUT2D eigenvalue weighted by Crippen LogP contribution is 2.35. The number of benzene rings is 2. The Morgan fingerprint density at radius 3 is 1.86 bits per heavy atom. The SMILES string of the molecule is CCCCCC1CCC(CCCc2cc(F)c(-c3ccc(F)cc3)c(F)c2)CC1. The summed E-state index contributed by atoms with van der Waals surface area (Å²) >= 11 is 0. The van der Waals surface area contributed by atoms with E-state index in [0.717, 1.165) is 24.7 Å². The Morgan fingerprint density at radius 2 is 1.31 bits per heavy atom. The molecule has 0 heterocycles. The van der Waals surface area contributed by atoms with E-state index in [0.29, 0.717) is 17.5 Å². The van der Waals surface area contributed by atoms with Crippen molar-refractivity contribution in [2.24, 2.45) is 11.8 Å². The predicted octanol–water partition coefficient (Wildman–Crippen LogP) is 8.48. The van der Waals surface area contributed by atoms with Gasteiger partial charge in [-0.2, -0.15) is 0 Å². The average molecular weight is 403 g/mol. The lowest BCUT2D eigenvalue weighted by molar-refractivity contribution is 0.246.